The molecule has 1 aliphatic rings. The molecule has 1 fully saturated rings. The molecule has 1 aliphatic heterocycles. The number of aromatic nitrogens is 2. The molecule has 0 N–H and O–H groups in total. The molecule has 0 saturated carbocycles. The summed E-state index contributed by atoms with van der Waals surface area (Å²) in [5.41, 5.74) is 0.902. The molecule has 0 bridgehead atoms. The maximum atomic E-state index is 12.4. The van der Waals surface area contributed by atoms with E-state index in [1.165, 1.54) is 11.3 Å². The normalized spacial score (nSPS) is 15.5. The van der Waals surface area contributed by atoms with E-state index in [0.717, 1.165) is 53.5 Å². The van der Waals surface area contributed by atoms with Crippen molar-refractivity contribution in [1.29, 1.82) is 0 Å². The van der Waals surface area contributed by atoms with E-state index in [4.69, 9.17) is 19.4 Å². The van der Waals surface area contributed by atoms with Gasteiger partial charge in [0, 0.05) is 26.3 Å². The lowest BCUT2D eigenvalue weighted by Crippen LogP contribution is -2.37. The number of nitrogens with zero attached hydrogens (tertiary/aromatic N) is 4. The number of fused-ring (bicyclic) bond motifs is 1. The lowest BCUT2D eigenvalue weighted by Gasteiger charge is -2.32. The highest BCUT2D eigenvalue weighted by atomic mass is 32.1. The molecule has 0 aromatic carbocycles. The van der Waals surface area contributed by atoms with Crippen LogP contribution in [0.4, 0.5) is 5.82 Å². The van der Waals surface area contributed by atoms with Crippen molar-refractivity contribution < 1.29 is 14.3 Å². The average molecular weight is 393 g/mol. The molecule has 27 heavy (non-hydrogen) atoms. The Hall–Kier alpha value is -1.77. The Balaban J connectivity index is 2.11. The van der Waals surface area contributed by atoms with Crippen molar-refractivity contribution in [3.63, 3.8) is 0 Å². The number of carbonyl (C=O) groups excluding carboxylic acids is 1. The molecule has 3 heterocycles. The minimum atomic E-state index is -0.285. The Morgan fingerprint density at radius 3 is 2.59 bits per heavy atom. The van der Waals surface area contributed by atoms with Crippen LogP contribution in [-0.4, -0.2) is 67.8 Å². The average Bonchev–Trinajstić information content (AvgIpc) is 2.97. The van der Waals surface area contributed by atoms with E-state index in [1.807, 2.05) is 32.8 Å². The van der Waals surface area contributed by atoms with Crippen LogP contribution in [0.5, 0.6) is 0 Å². The van der Waals surface area contributed by atoms with Crippen molar-refractivity contribution in [1.82, 2.24) is 14.9 Å². The summed E-state index contributed by atoms with van der Waals surface area (Å²) in [4.78, 5) is 27.7. The van der Waals surface area contributed by atoms with Crippen LogP contribution in [0.2, 0.25) is 0 Å². The monoisotopic (exact) mass is 392 g/mol. The van der Waals surface area contributed by atoms with Gasteiger partial charge >= 0.3 is 5.97 Å². The summed E-state index contributed by atoms with van der Waals surface area (Å²) < 4.78 is 10.7. The van der Waals surface area contributed by atoms with Crippen LogP contribution in [0, 0.1) is 6.92 Å². The van der Waals surface area contributed by atoms with Crippen LogP contribution in [0.1, 0.15) is 40.8 Å². The van der Waals surface area contributed by atoms with Gasteiger partial charge in [0.25, 0.3) is 0 Å². The summed E-state index contributed by atoms with van der Waals surface area (Å²) in [6.07, 6.45) is 1.94. The Morgan fingerprint density at radius 1 is 1.26 bits per heavy atom. The number of ether oxygens (including phenoxy) is 2. The minimum absolute atomic E-state index is 0.285. The lowest BCUT2D eigenvalue weighted by atomic mass is 10.1. The second kappa shape index (κ2) is 8.50. The molecular weight excluding hydrogens is 364 g/mol. The molecule has 2 aromatic rings. The van der Waals surface area contributed by atoms with E-state index in [9.17, 15) is 4.79 Å². The van der Waals surface area contributed by atoms with Crippen LogP contribution >= 0.6 is 11.3 Å². The third kappa shape index (κ3) is 4.23. The van der Waals surface area contributed by atoms with E-state index in [-0.39, 0.29) is 5.97 Å². The van der Waals surface area contributed by atoms with Crippen molar-refractivity contribution in [2.45, 2.75) is 39.3 Å². The number of aryl methyl sites for hydroxylation is 1. The van der Waals surface area contributed by atoms with Gasteiger partial charge in [0.2, 0.25) is 0 Å². The number of hydrogen-bond donors (Lipinski definition) is 0. The van der Waals surface area contributed by atoms with Crippen molar-refractivity contribution in [3.05, 3.63) is 16.3 Å². The minimum Gasteiger partial charge on any atom is -0.462 e. The van der Waals surface area contributed by atoms with Gasteiger partial charge in [-0.15, -0.1) is 11.3 Å². The van der Waals surface area contributed by atoms with Gasteiger partial charge in [0.05, 0.1) is 18.5 Å². The molecular formula is C19H28N4O3S. The first-order chi connectivity index (χ1) is 12.9. The molecule has 0 atom stereocenters. The van der Waals surface area contributed by atoms with Crippen LogP contribution in [0.15, 0.2) is 0 Å². The number of anilines is 1. The molecule has 0 unspecified atom stereocenters. The quantitative estimate of drug-likeness (QED) is 0.700. The fourth-order valence-corrected chi connectivity index (χ4v) is 4.49. The molecule has 1 saturated heterocycles. The highest BCUT2D eigenvalue weighted by Crippen LogP contribution is 2.37. The molecule has 0 amide bonds. The fraction of sp³-hybridized carbons (Fsp3) is 0.632. The van der Waals surface area contributed by atoms with E-state index in [2.05, 4.69) is 11.9 Å². The van der Waals surface area contributed by atoms with Gasteiger partial charge in [-0.1, -0.05) is 0 Å². The molecule has 7 nitrogen and oxygen atoms in total. The number of rotatable bonds is 6. The molecule has 0 aliphatic carbocycles. The van der Waals surface area contributed by atoms with Crippen LogP contribution in [0.3, 0.4) is 0 Å². The first-order valence-electron chi connectivity index (χ1n) is 9.34. The van der Waals surface area contributed by atoms with E-state index < -0.39 is 0 Å². The zero-order chi connectivity index (χ0) is 19.6. The Kier molecular flexibility index (Phi) is 6.29. The maximum Gasteiger partial charge on any atom is 0.348 e. The summed E-state index contributed by atoms with van der Waals surface area (Å²) in [6.45, 7) is 6.32. The molecule has 0 radical (unpaired) electrons. The van der Waals surface area contributed by atoms with Gasteiger partial charge in [-0.2, -0.15) is 0 Å². The largest absolute Gasteiger partial charge is 0.462 e. The van der Waals surface area contributed by atoms with E-state index in [1.54, 1.807) is 0 Å². The van der Waals surface area contributed by atoms with Gasteiger partial charge in [-0.25, -0.2) is 14.8 Å². The van der Waals surface area contributed by atoms with Crippen LogP contribution in [0.25, 0.3) is 10.2 Å². The summed E-state index contributed by atoms with van der Waals surface area (Å²) in [5.74, 6) is 1.37. The van der Waals surface area contributed by atoms with Crippen molar-refractivity contribution in [3.8, 4) is 0 Å². The summed E-state index contributed by atoms with van der Waals surface area (Å²) in [7, 11) is 6.08. The van der Waals surface area contributed by atoms with E-state index in [0.29, 0.717) is 24.1 Å². The number of thiophene rings is 1. The number of hydrogen-bond acceptors (Lipinski definition) is 8. The topological polar surface area (TPSA) is 67.8 Å². The van der Waals surface area contributed by atoms with Crippen LogP contribution < -0.4 is 4.90 Å². The highest BCUT2D eigenvalue weighted by molar-refractivity contribution is 7.20. The second-order valence-electron chi connectivity index (χ2n) is 7.11. The Labute approximate surface area is 164 Å². The van der Waals surface area contributed by atoms with Gasteiger partial charge in [0.1, 0.15) is 21.3 Å². The number of esters is 1. The van der Waals surface area contributed by atoms with Gasteiger partial charge in [-0.3, -0.25) is 0 Å². The van der Waals surface area contributed by atoms with Gasteiger partial charge < -0.3 is 19.3 Å². The summed E-state index contributed by atoms with van der Waals surface area (Å²) in [6, 6.07) is 0.370. The van der Waals surface area contributed by atoms with Crippen molar-refractivity contribution in [2.24, 2.45) is 0 Å². The molecule has 3 rings (SSSR count). The third-order valence-corrected chi connectivity index (χ3v) is 5.97. The maximum absolute atomic E-state index is 12.4. The SMILES string of the molecule is CCOC(=O)c1sc2nc(CN(C)C)nc(N(C)C3CCOCC3)c2c1C. The third-order valence-electron chi connectivity index (χ3n) is 4.81. The molecule has 2 aromatic heterocycles. The second-order valence-corrected chi connectivity index (χ2v) is 8.11. The standard InChI is InChI=1S/C19H28N4O3S/c1-6-26-19(24)16-12(2)15-17(23(5)13-7-9-25-10-8-13)20-14(11-22(3)4)21-18(15)27-16/h13H,6-11H2,1-5H3. The van der Waals surface area contributed by atoms with Gasteiger partial charge in [-0.05, 0) is 46.3 Å². The summed E-state index contributed by atoms with van der Waals surface area (Å²) in [5, 5.41) is 0.958. The zero-order valence-corrected chi connectivity index (χ0v) is 17.6. The molecule has 0 spiro atoms. The molecule has 8 heteroatoms. The highest BCUT2D eigenvalue weighted by Gasteiger charge is 2.26. The lowest BCUT2D eigenvalue weighted by molar-refractivity contribution is 0.0531. The van der Waals surface area contributed by atoms with E-state index >= 15 is 0 Å². The smallest absolute Gasteiger partial charge is 0.348 e. The Bertz CT molecular complexity index is 815. The van der Waals surface area contributed by atoms with Gasteiger partial charge in [0.15, 0.2) is 0 Å². The zero-order valence-electron chi connectivity index (χ0n) is 16.7. The Morgan fingerprint density at radius 2 is 1.96 bits per heavy atom. The van der Waals surface area contributed by atoms with Crippen LogP contribution in [-0.2, 0) is 16.0 Å². The predicted octanol–water partition coefficient (Wildman–Crippen LogP) is 2.85. The predicted molar refractivity (Wildman–Crippen MR) is 108 cm³/mol. The fourth-order valence-electron chi connectivity index (χ4n) is 3.41. The first-order valence-corrected chi connectivity index (χ1v) is 10.2. The van der Waals surface area contributed by atoms with Crippen molar-refractivity contribution in [2.75, 3.05) is 45.9 Å². The number of carbonyl (C=O) groups is 1. The van der Waals surface area contributed by atoms with Crippen molar-refractivity contribution >= 4 is 33.3 Å². The summed E-state index contributed by atoms with van der Waals surface area (Å²) >= 11 is 1.40. The molecule has 148 valence electrons. The first kappa shape index (κ1) is 20.0.